The summed E-state index contributed by atoms with van der Waals surface area (Å²) >= 11 is 0. The maximum absolute atomic E-state index is 13.8. The first kappa shape index (κ1) is 19.3. The number of hydrogen-bond acceptors (Lipinski definition) is 2. The van der Waals surface area contributed by atoms with Gasteiger partial charge < -0.3 is 10.2 Å². The van der Waals surface area contributed by atoms with E-state index in [0.717, 1.165) is 38.5 Å². The summed E-state index contributed by atoms with van der Waals surface area (Å²) in [5, 5.41) is 3.02. The van der Waals surface area contributed by atoms with Crippen LogP contribution in [0.1, 0.15) is 24.0 Å². The molecule has 6 heteroatoms. The third-order valence-corrected chi connectivity index (χ3v) is 4.93. The Balaban J connectivity index is 1.44. The maximum Gasteiger partial charge on any atom is 0.317 e. The van der Waals surface area contributed by atoms with Gasteiger partial charge in [0.2, 0.25) is 0 Å². The molecule has 0 aromatic heterocycles. The van der Waals surface area contributed by atoms with Crippen molar-refractivity contribution in [3.8, 4) is 0 Å². The molecule has 2 amide bonds. The van der Waals surface area contributed by atoms with Gasteiger partial charge in [0, 0.05) is 50.9 Å². The summed E-state index contributed by atoms with van der Waals surface area (Å²) in [7, 11) is 1.61. The van der Waals surface area contributed by atoms with Crippen molar-refractivity contribution in [2.24, 2.45) is 0 Å². The van der Waals surface area contributed by atoms with Gasteiger partial charge in [0.15, 0.2) is 0 Å². The van der Waals surface area contributed by atoms with E-state index >= 15 is 0 Å². The quantitative estimate of drug-likeness (QED) is 0.866. The number of rotatable bonds is 5. The van der Waals surface area contributed by atoms with E-state index < -0.39 is 11.6 Å². The molecular weight excluding hydrogens is 348 g/mol. The van der Waals surface area contributed by atoms with Gasteiger partial charge in [-0.15, -0.1) is 0 Å². The highest BCUT2D eigenvalue weighted by Crippen LogP contribution is 2.15. The van der Waals surface area contributed by atoms with Crippen LogP contribution in [0.25, 0.3) is 0 Å². The van der Waals surface area contributed by atoms with Crippen LogP contribution in [0.15, 0.2) is 48.5 Å². The van der Waals surface area contributed by atoms with E-state index in [1.54, 1.807) is 7.05 Å². The molecule has 1 aliphatic rings. The van der Waals surface area contributed by atoms with Crippen molar-refractivity contribution in [2.45, 2.75) is 32.0 Å². The number of hydrogen-bond donors (Lipinski definition) is 1. The van der Waals surface area contributed by atoms with Gasteiger partial charge in [-0.2, -0.15) is 0 Å². The molecule has 1 heterocycles. The van der Waals surface area contributed by atoms with Crippen molar-refractivity contribution in [1.82, 2.24) is 15.1 Å². The molecule has 1 fully saturated rings. The molecule has 4 nitrogen and oxygen atoms in total. The highest BCUT2D eigenvalue weighted by atomic mass is 19.1. The Morgan fingerprint density at radius 1 is 1.15 bits per heavy atom. The molecule has 27 heavy (non-hydrogen) atoms. The van der Waals surface area contributed by atoms with E-state index in [2.05, 4.69) is 22.3 Å². The SMILES string of the molecule is CN(Cc1ccc(F)cc1F)C(=O)NC1CCN(Cc2ccccc2)CC1. The van der Waals surface area contributed by atoms with Crippen molar-refractivity contribution >= 4 is 6.03 Å². The number of amides is 2. The first-order valence-electron chi connectivity index (χ1n) is 9.23. The third-order valence-electron chi connectivity index (χ3n) is 4.93. The number of nitrogens with zero attached hydrogens (tertiary/aromatic N) is 2. The van der Waals surface area contributed by atoms with Gasteiger partial charge in [0.05, 0.1) is 0 Å². The minimum Gasteiger partial charge on any atom is -0.335 e. The Hall–Kier alpha value is -2.47. The molecule has 0 bridgehead atoms. The van der Waals surface area contributed by atoms with Crippen LogP contribution in [-0.2, 0) is 13.1 Å². The zero-order chi connectivity index (χ0) is 19.2. The predicted molar refractivity (Wildman–Crippen MR) is 101 cm³/mol. The summed E-state index contributed by atoms with van der Waals surface area (Å²) in [6, 6.07) is 13.6. The summed E-state index contributed by atoms with van der Waals surface area (Å²) in [5.74, 6) is -1.26. The summed E-state index contributed by atoms with van der Waals surface area (Å²) in [5.41, 5.74) is 1.59. The highest BCUT2D eigenvalue weighted by molar-refractivity contribution is 5.74. The second kappa shape index (κ2) is 8.95. The molecule has 0 atom stereocenters. The van der Waals surface area contributed by atoms with Crippen LogP contribution in [0.4, 0.5) is 13.6 Å². The fourth-order valence-corrected chi connectivity index (χ4v) is 3.34. The van der Waals surface area contributed by atoms with Crippen LogP contribution < -0.4 is 5.32 Å². The summed E-state index contributed by atoms with van der Waals surface area (Å²) in [4.78, 5) is 16.2. The standard InChI is InChI=1S/C21H25F2N3O/c1-25(15-17-7-8-18(22)13-20(17)23)21(27)24-19-9-11-26(12-10-19)14-16-5-3-2-4-6-16/h2-8,13,19H,9-12,14-15H2,1H3,(H,24,27). The van der Waals surface area contributed by atoms with Crippen LogP contribution in [0.5, 0.6) is 0 Å². The molecule has 0 aliphatic carbocycles. The van der Waals surface area contributed by atoms with Gasteiger partial charge in [0.1, 0.15) is 11.6 Å². The van der Waals surface area contributed by atoms with Gasteiger partial charge in [-0.25, -0.2) is 13.6 Å². The van der Waals surface area contributed by atoms with E-state index in [9.17, 15) is 13.6 Å². The lowest BCUT2D eigenvalue weighted by Gasteiger charge is -2.33. The molecule has 2 aromatic carbocycles. The van der Waals surface area contributed by atoms with Crippen LogP contribution in [0, 0.1) is 11.6 Å². The van der Waals surface area contributed by atoms with Gasteiger partial charge in [-0.05, 0) is 24.5 Å². The number of carbonyl (C=O) groups is 1. The number of likely N-dealkylation sites (tertiary alicyclic amines) is 1. The fraction of sp³-hybridized carbons (Fsp3) is 0.381. The lowest BCUT2D eigenvalue weighted by atomic mass is 10.0. The van der Waals surface area contributed by atoms with E-state index in [-0.39, 0.29) is 18.6 Å². The molecule has 0 radical (unpaired) electrons. The molecule has 1 saturated heterocycles. The van der Waals surface area contributed by atoms with Gasteiger partial charge in [-0.1, -0.05) is 36.4 Å². The molecule has 1 N–H and O–H groups in total. The van der Waals surface area contributed by atoms with Gasteiger partial charge in [0.25, 0.3) is 0 Å². The Bertz CT molecular complexity index is 761. The fourth-order valence-electron chi connectivity index (χ4n) is 3.34. The molecular formula is C21H25F2N3O. The van der Waals surface area contributed by atoms with Crippen molar-refractivity contribution in [3.05, 3.63) is 71.3 Å². The highest BCUT2D eigenvalue weighted by Gasteiger charge is 2.22. The largest absolute Gasteiger partial charge is 0.335 e. The molecule has 1 aliphatic heterocycles. The lowest BCUT2D eigenvalue weighted by molar-refractivity contribution is 0.173. The zero-order valence-electron chi connectivity index (χ0n) is 15.5. The van der Waals surface area contributed by atoms with E-state index in [0.29, 0.717) is 5.56 Å². The summed E-state index contributed by atoms with van der Waals surface area (Å²) in [6.07, 6.45) is 1.77. The number of nitrogens with one attached hydrogen (secondary N) is 1. The Labute approximate surface area is 158 Å². The smallest absolute Gasteiger partial charge is 0.317 e. The maximum atomic E-state index is 13.8. The number of piperidine rings is 1. The molecule has 0 saturated carbocycles. The number of carbonyl (C=O) groups excluding carboxylic acids is 1. The Morgan fingerprint density at radius 3 is 2.52 bits per heavy atom. The second-order valence-corrected chi connectivity index (χ2v) is 7.08. The first-order chi connectivity index (χ1) is 13.0. The van der Waals surface area contributed by atoms with Gasteiger partial charge >= 0.3 is 6.03 Å². The molecule has 0 spiro atoms. The number of halogens is 2. The minimum atomic E-state index is -0.635. The Morgan fingerprint density at radius 2 is 1.85 bits per heavy atom. The van der Waals surface area contributed by atoms with Crippen molar-refractivity contribution in [2.75, 3.05) is 20.1 Å². The average Bonchev–Trinajstić information content (AvgIpc) is 2.66. The van der Waals surface area contributed by atoms with Crippen LogP contribution in [0.2, 0.25) is 0 Å². The molecule has 144 valence electrons. The van der Waals surface area contributed by atoms with Crippen LogP contribution >= 0.6 is 0 Å². The molecule has 3 rings (SSSR count). The number of urea groups is 1. The van der Waals surface area contributed by atoms with E-state index in [4.69, 9.17) is 0 Å². The molecule has 0 unspecified atom stereocenters. The summed E-state index contributed by atoms with van der Waals surface area (Å²) < 4.78 is 26.7. The lowest BCUT2D eigenvalue weighted by Crippen LogP contribution is -2.48. The van der Waals surface area contributed by atoms with E-state index in [1.807, 2.05) is 18.2 Å². The predicted octanol–water partition coefficient (Wildman–Crippen LogP) is 3.77. The van der Waals surface area contributed by atoms with Gasteiger partial charge in [-0.3, -0.25) is 4.90 Å². The molecule has 2 aromatic rings. The van der Waals surface area contributed by atoms with Crippen molar-refractivity contribution in [3.63, 3.8) is 0 Å². The second-order valence-electron chi connectivity index (χ2n) is 7.08. The zero-order valence-corrected chi connectivity index (χ0v) is 15.5. The van der Waals surface area contributed by atoms with Crippen LogP contribution in [0.3, 0.4) is 0 Å². The average molecular weight is 373 g/mol. The minimum absolute atomic E-state index is 0.102. The normalized spacial score (nSPS) is 15.5. The first-order valence-corrected chi connectivity index (χ1v) is 9.23. The number of benzene rings is 2. The monoisotopic (exact) mass is 373 g/mol. The third kappa shape index (κ3) is 5.50. The van der Waals surface area contributed by atoms with Crippen molar-refractivity contribution < 1.29 is 13.6 Å². The topological polar surface area (TPSA) is 35.6 Å². The summed E-state index contributed by atoms with van der Waals surface area (Å²) in [6.45, 7) is 2.88. The Kier molecular flexibility index (Phi) is 6.40. The van der Waals surface area contributed by atoms with Crippen LogP contribution in [-0.4, -0.2) is 42.0 Å². The van der Waals surface area contributed by atoms with Crippen molar-refractivity contribution in [1.29, 1.82) is 0 Å². The van der Waals surface area contributed by atoms with E-state index in [1.165, 1.54) is 22.6 Å².